The Morgan fingerprint density at radius 3 is 2.95 bits per heavy atom. The number of anilines is 1. The van der Waals surface area contributed by atoms with Crippen molar-refractivity contribution in [2.75, 3.05) is 11.9 Å². The molecular formula is C16H14N4O. The smallest absolute Gasteiger partial charge is 0.180 e. The predicted octanol–water partition coefficient (Wildman–Crippen LogP) is 2.96. The fourth-order valence-electron chi connectivity index (χ4n) is 2.61. The van der Waals surface area contributed by atoms with Crippen LogP contribution < -0.4 is 10.1 Å². The van der Waals surface area contributed by atoms with E-state index in [-0.39, 0.29) is 6.04 Å². The molecule has 1 unspecified atom stereocenters. The zero-order valence-electron chi connectivity index (χ0n) is 11.4. The number of hydrogen-bond donors (Lipinski definition) is 1. The average Bonchev–Trinajstić information content (AvgIpc) is 2.55. The molecular weight excluding hydrogens is 264 g/mol. The van der Waals surface area contributed by atoms with Crippen LogP contribution in [0.15, 0.2) is 48.8 Å². The summed E-state index contributed by atoms with van der Waals surface area (Å²) in [5.41, 5.74) is 2.63. The number of rotatable bonds is 2. The first kappa shape index (κ1) is 12.1. The molecule has 1 aliphatic rings. The van der Waals surface area contributed by atoms with E-state index in [2.05, 4.69) is 26.3 Å². The van der Waals surface area contributed by atoms with Crippen LogP contribution in [0.4, 0.5) is 5.82 Å². The van der Waals surface area contributed by atoms with Crippen LogP contribution in [0.5, 0.6) is 5.75 Å². The molecule has 3 aromatic rings. The molecule has 0 radical (unpaired) electrons. The maximum atomic E-state index is 5.68. The summed E-state index contributed by atoms with van der Waals surface area (Å²) in [6, 6.07) is 12.2. The lowest BCUT2D eigenvalue weighted by molar-refractivity contribution is 0.274. The summed E-state index contributed by atoms with van der Waals surface area (Å²) in [4.78, 5) is 13.0. The van der Waals surface area contributed by atoms with Crippen LogP contribution >= 0.6 is 0 Å². The number of benzene rings is 1. The lowest BCUT2D eigenvalue weighted by atomic mass is 10.0. The number of hydrogen-bond acceptors (Lipinski definition) is 5. The number of ether oxygens (including phenoxy) is 1. The highest BCUT2D eigenvalue weighted by molar-refractivity contribution is 5.71. The van der Waals surface area contributed by atoms with Gasteiger partial charge in [0.25, 0.3) is 0 Å². The number of para-hydroxylation sites is 1. The van der Waals surface area contributed by atoms with Gasteiger partial charge in [-0.15, -0.1) is 0 Å². The molecule has 0 bridgehead atoms. The van der Waals surface area contributed by atoms with E-state index < -0.39 is 0 Å². The Labute approximate surface area is 122 Å². The van der Waals surface area contributed by atoms with E-state index in [1.165, 1.54) is 5.56 Å². The van der Waals surface area contributed by atoms with Crippen molar-refractivity contribution < 1.29 is 4.74 Å². The number of fused-ring (bicyclic) bond motifs is 2. The van der Waals surface area contributed by atoms with Crippen molar-refractivity contribution in [1.82, 2.24) is 15.0 Å². The molecule has 104 valence electrons. The molecule has 0 amide bonds. The van der Waals surface area contributed by atoms with Gasteiger partial charge in [-0.05, 0) is 18.2 Å². The molecule has 0 aliphatic carbocycles. The number of nitrogens with zero attached hydrogens (tertiary/aromatic N) is 3. The third kappa shape index (κ3) is 2.27. The normalized spacial score (nSPS) is 17.0. The summed E-state index contributed by atoms with van der Waals surface area (Å²) >= 11 is 0. The van der Waals surface area contributed by atoms with Crippen LogP contribution in [-0.4, -0.2) is 21.6 Å². The second-order valence-corrected chi connectivity index (χ2v) is 4.97. The van der Waals surface area contributed by atoms with E-state index in [0.29, 0.717) is 12.3 Å². The minimum absolute atomic E-state index is 0.205. The van der Waals surface area contributed by atoms with Gasteiger partial charge in [0.05, 0.1) is 12.6 Å². The van der Waals surface area contributed by atoms with E-state index >= 15 is 0 Å². The SMILES string of the molecule is c1ccc2c(c1)OCCC2Nc1ccc2nccnc2n1. The monoisotopic (exact) mass is 278 g/mol. The van der Waals surface area contributed by atoms with Gasteiger partial charge in [0.15, 0.2) is 5.65 Å². The van der Waals surface area contributed by atoms with Gasteiger partial charge in [0.1, 0.15) is 17.1 Å². The minimum atomic E-state index is 0.205. The highest BCUT2D eigenvalue weighted by atomic mass is 16.5. The molecule has 1 N–H and O–H groups in total. The Morgan fingerprint density at radius 1 is 1.05 bits per heavy atom. The quantitative estimate of drug-likeness (QED) is 0.781. The lowest BCUT2D eigenvalue weighted by Crippen LogP contribution is -2.20. The van der Waals surface area contributed by atoms with Crippen LogP contribution in [-0.2, 0) is 0 Å². The summed E-state index contributed by atoms with van der Waals surface area (Å²) in [5, 5.41) is 3.47. The van der Waals surface area contributed by atoms with E-state index in [4.69, 9.17) is 4.74 Å². The van der Waals surface area contributed by atoms with Crippen LogP contribution in [0.3, 0.4) is 0 Å². The largest absolute Gasteiger partial charge is 0.493 e. The highest BCUT2D eigenvalue weighted by Gasteiger charge is 2.21. The zero-order valence-corrected chi connectivity index (χ0v) is 11.4. The van der Waals surface area contributed by atoms with Crippen LogP contribution in [0.1, 0.15) is 18.0 Å². The van der Waals surface area contributed by atoms with Gasteiger partial charge in [-0.2, -0.15) is 0 Å². The number of aromatic nitrogens is 3. The molecule has 1 aliphatic heterocycles. The summed E-state index contributed by atoms with van der Waals surface area (Å²) in [6.07, 6.45) is 4.24. The third-order valence-electron chi connectivity index (χ3n) is 3.61. The Balaban J connectivity index is 1.66. The Morgan fingerprint density at radius 2 is 1.95 bits per heavy atom. The van der Waals surface area contributed by atoms with Gasteiger partial charge in [-0.3, -0.25) is 4.98 Å². The first-order chi connectivity index (χ1) is 10.4. The van der Waals surface area contributed by atoms with Crippen LogP contribution in [0.25, 0.3) is 11.2 Å². The first-order valence-electron chi connectivity index (χ1n) is 6.96. The fraction of sp³-hybridized carbons (Fsp3) is 0.188. The molecule has 5 nitrogen and oxygen atoms in total. The number of nitrogens with one attached hydrogen (secondary N) is 1. The molecule has 1 aromatic carbocycles. The van der Waals surface area contributed by atoms with E-state index in [1.807, 2.05) is 30.3 Å². The van der Waals surface area contributed by atoms with Gasteiger partial charge in [0.2, 0.25) is 0 Å². The molecule has 0 spiro atoms. The molecule has 4 rings (SSSR count). The maximum Gasteiger partial charge on any atom is 0.180 e. The van der Waals surface area contributed by atoms with Crippen molar-refractivity contribution in [3.63, 3.8) is 0 Å². The molecule has 0 saturated carbocycles. The average molecular weight is 278 g/mol. The summed E-state index contributed by atoms with van der Waals surface area (Å²) in [5.74, 6) is 1.76. The van der Waals surface area contributed by atoms with Crippen LogP contribution in [0, 0.1) is 0 Å². The van der Waals surface area contributed by atoms with E-state index in [9.17, 15) is 0 Å². The molecule has 3 heterocycles. The van der Waals surface area contributed by atoms with Crippen molar-refractivity contribution in [1.29, 1.82) is 0 Å². The molecule has 21 heavy (non-hydrogen) atoms. The van der Waals surface area contributed by atoms with Gasteiger partial charge in [-0.25, -0.2) is 9.97 Å². The Hall–Kier alpha value is -2.69. The van der Waals surface area contributed by atoms with Gasteiger partial charge >= 0.3 is 0 Å². The second kappa shape index (κ2) is 5.01. The molecule has 0 fully saturated rings. The van der Waals surface area contributed by atoms with Crippen molar-refractivity contribution >= 4 is 17.0 Å². The van der Waals surface area contributed by atoms with Crippen LogP contribution in [0.2, 0.25) is 0 Å². The maximum absolute atomic E-state index is 5.68. The molecule has 2 aromatic heterocycles. The molecule has 5 heteroatoms. The molecule has 0 saturated heterocycles. The van der Waals surface area contributed by atoms with E-state index in [0.717, 1.165) is 23.5 Å². The summed E-state index contributed by atoms with van der Waals surface area (Å²) < 4.78 is 5.68. The van der Waals surface area contributed by atoms with Gasteiger partial charge in [-0.1, -0.05) is 18.2 Å². The standard InChI is InChI=1S/C16H14N4O/c1-2-4-14-11(3-1)12(7-10-21-14)19-15-6-5-13-16(20-15)18-9-8-17-13/h1-6,8-9,12H,7,10H2,(H,18,19,20). The Kier molecular flexibility index (Phi) is 2.88. The van der Waals surface area contributed by atoms with Crippen molar-refractivity contribution in [2.24, 2.45) is 0 Å². The van der Waals surface area contributed by atoms with Crippen molar-refractivity contribution in [3.05, 3.63) is 54.4 Å². The Bertz CT molecular complexity index is 790. The van der Waals surface area contributed by atoms with E-state index in [1.54, 1.807) is 12.4 Å². The number of pyridine rings is 1. The summed E-state index contributed by atoms with van der Waals surface area (Å²) in [6.45, 7) is 0.710. The summed E-state index contributed by atoms with van der Waals surface area (Å²) in [7, 11) is 0. The van der Waals surface area contributed by atoms with Crippen molar-refractivity contribution in [3.8, 4) is 5.75 Å². The molecule has 1 atom stereocenters. The van der Waals surface area contributed by atoms with Gasteiger partial charge < -0.3 is 10.1 Å². The van der Waals surface area contributed by atoms with Gasteiger partial charge in [0, 0.05) is 24.4 Å². The predicted molar refractivity (Wildman–Crippen MR) is 80.3 cm³/mol. The lowest BCUT2D eigenvalue weighted by Gasteiger charge is -2.27. The fourth-order valence-corrected chi connectivity index (χ4v) is 2.61. The topological polar surface area (TPSA) is 59.9 Å². The minimum Gasteiger partial charge on any atom is -0.493 e. The second-order valence-electron chi connectivity index (χ2n) is 4.97. The highest BCUT2D eigenvalue weighted by Crippen LogP contribution is 2.33. The first-order valence-corrected chi connectivity index (χ1v) is 6.96. The van der Waals surface area contributed by atoms with Crippen molar-refractivity contribution in [2.45, 2.75) is 12.5 Å². The zero-order chi connectivity index (χ0) is 14.1. The third-order valence-corrected chi connectivity index (χ3v) is 3.61.